The highest BCUT2D eigenvalue weighted by Gasteiger charge is 2.05. The second kappa shape index (κ2) is 5.45. The van der Waals surface area contributed by atoms with Crippen molar-refractivity contribution in [3.8, 4) is 5.75 Å². The maximum Gasteiger partial charge on any atom is 0.123 e. The highest BCUT2D eigenvalue weighted by Crippen LogP contribution is 2.19. The minimum absolute atomic E-state index is 0.0302. The number of allylic oxidation sites excluding steroid dienone is 1. The molecular weight excluding hydrogens is 176 g/mol. The molecule has 1 unspecified atom stereocenters. The number of benzene rings is 1. The van der Waals surface area contributed by atoms with Gasteiger partial charge in [-0.15, -0.1) is 6.58 Å². The van der Waals surface area contributed by atoms with Crippen molar-refractivity contribution in [2.24, 2.45) is 0 Å². The highest BCUT2D eigenvalue weighted by molar-refractivity contribution is 5.34. The minimum atomic E-state index is -0.166. The first-order valence-corrected chi connectivity index (χ1v) is 4.74. The van der Waals surface area contributed by atoms with Crippen LogP contribution in [0.1, 0.15) is 12.5 Å². The van der Waals surface area contributed by atoms with E-state index in [-0.39, 0.29) is 12.7 Å². The fraction of sp³-hybridized carbons (Fsp3) is 0.333. The van der Waals surface area contributed by atoms with Gasteiger partial charge in [-0.05, 0) is 25.0 Å². The fourth-order valence-corrected chi connectivity index (χ4v) is 1.20. The lowest BCUT2D eigenvalue weighted by atomic mass is 10.1. The first-order chi connectivity index (χ1) is 6.77. The summed E-state index contributed by atoms with van der Waals surface area (Å²) in [6, 6.07) is 7.80. The predicted molar refractivity (Wildman–Crippen MR) is 57.5 cm³/mol. The van der Waals surface area contributed by atoms with Gasteiger partial charge < -0.3 is 9.84 Å². The summed E-state index contributed by atoms with van der Waals surface area (Å²) in [5, 5.41) is 8.87. The van der Waals surface area contributed by atoms with Gasteiger partial charge in [0.25, 0.3) is 0 Å². The molecule has 76 valence electrons. The van der Waals surface area contributed by atoms with Crippen molar-refractivity contribution in [1.82, 2.24) is 0 Å². The summed E-state index contributed by atoms with van der Waals surface area (Å²) in [5.74, 6) is 0.828. The van der Waals surface area contributed by atoms with E-state index in [2.05, 4.69) is 6.58 Å². The second-order valence-electron chi connectivity index (χ2n) is 3.21. The van der Waals surface area contributed by atoms with Gasteiger partial charge in [0, 0.05) is 0 Å². The number of ether oxygens (including phenoxy) is 1. The lowest BCUT2D eigenvalue weighted by molar-refractivity contribution is 0.129. The third-order valence-electron chi connectivity index (χ3n) is 1.92. The minimum Gasteiger partial charge on any atom is -0.488 e. The van der Waals surface area contributed by atoms with Gasteiger partial charge in [0.15, 0.2) is 0 Å². The molecule has 0 bridgehead atoms. The van der Waals surface area contributed by atoms with Crippen LogP contribution in [-0.2, 0) is 6.42 Å². The van der Waals surface area contributed by atoms with Gasteiger partial charge in [0.1, 0.15) is 11.9 Å². The van der Waals surface area contributed by atoms with Gasteiger partial charge in [0.05, 0.1) is 6.61 Å². The largest absolute Gasteiger partial charge is 0.488 e. The Hall–Kier alpha value is -1.28. The number of aliphatic hydroxyl groups excluding tert-OH is 1. The molecule has 1 aromatic carbocycles. The lowest BCUT2D eigenvalue weighted by Crippen LogP contribution is -2.16. The van der Waals surface area contributed by atoms with E-state index in [0.29, 0.717) is 0 Å². The quantitative estimate of drug-likeness (QED) is 0.724. The molecule has 1 rings (SSSR count). The van der Waals surface area contributed by atoms with Crippen LogP contribution in [0.4, 0.5) is 0 Å². The van der Waals surface area contributed by atoms with Crippen molar-refractivity contribution >= 4 is 0 Å². The van der Waals surface area contributed by atoms with Crippen LogP contribution in [0.2, 0.25) is 0 Å². The third-order valence-corrected chi connectivity index (χ3v) is 1.92. The molecule has 1 aromatic rings. The Balaban J connectivity index is 2.78. The number of rotatable bonds is 5. The van der Waals surface area contributed by atoms with Crippen LogP contribution in [0.3, 0.4) is 0 Å². The molecule has 0 fully saturated rings. The maximum atomic E-state index is 8.87. The monoisotopic (exact) mass is 192 g/mol. The summed E-state index contributed by atoms with van der Waals surface area (Å²) in [7, 11) is 0. The van der Waals surface area contributed by atoms with E-state index in [0.717, 1.165) is 17.7 Å². The molecule has 2 heteroatoms. The predicted octanol–water partition coefficient (Wildman–Crippen LogP) is 2.17. The van der Waals surface area contributed by atoms with Crippen LogP contribution in [-0.4, -0.2) is 17.8 Å². The molecule has 2 nitrogen and oxygen atoms in total. The average molecular weight is 192 g/mol. The van der Waals surface area contributed by atoms with E-state index < -0.39 is 0 Å². The zero-order chi connectivity index (χ0) is 10.4. The Morgan fingerprint density at radius 2 is 2.21 bits per heavy atom. The standard InChI is InChI=1S/C12H16O2/c1-3-6-11-7-4-5-8-12(11)14-10(2)9-13/h3-5,7-8,10,13H,1,6,9H2,2H3. The molecule has 0 aliphatic rings. The topological polar surface area (TPSA) is 29.5 Å². The molecule has 0 aliphatic heterocycles. The summed E-state index contributed by atoms with van der Waals surface area (Å²) in [4.78, 5) is 0. The summed E-state index contributed by atoms with van der Waals surface area (Å²) in [5.41, 5.74) is 1.10. The molecule has 1 atom stereocenters. The Morgan fingerprint density at radius 1 is 1.50 bits per heavy atom. The Labute approximate surface area is 84.8 Å². The van der Waals surface area contributed by atoms with Crippen molar-refractivity contribution in [2.45, 2.75) is 19.4 Å². The van der Waals surface area contributed by atoms with Gasteiger partial charge in [-0.2, -0.15) is 0 Å². The van der Waals surface area contributed by atoms with Gasteiger partial charge in [-0.1, -0.05) is 24.3 Å². The maximum absolute atomic E-state index is 8.87. The van der Waals surface area contributed by atoms with E-state index in [1.165, 1.54) is 0 Å². The first-order valence-electron chi connectivity index (χ1n) is 4.74. The van der Waals surface area contributed by atoms with E-state index in [4.69, 9.17) is 9.84 Å². The molecular formula is C12H16O2. The fourth-order valence-electron chi connectivity index (χ4n) is 1.20. The molecule has 0 aliphatic carbocycles. The van der Waals surface area contributed by atoms with Crippen LogP contribution >= 0.6 is 0 Å². The second-order valence-corrected chi connectivity index (χ2v) is 3.21. The summed E-state index contributed by atoms with van der Waals surface area (Å²) >= 11 is 0. The SMILES string of the molecule is C=CCc1ccccc1OC(C)CO. The Morgan fingerprint density at radius 3 is 2.86 bits per heavy atom. The van der Waals surface area contributed by atoms with Crippen molar-refractivity contribution in [2.75, 3.05) is 6.61 Å². The number of para-hydroxylation sites is 1. The molecule has 0 amide bonds. The number of hydrogen-bond acceptors (Lipinski definition) is 2. The molecule has 0 heterocycles. The number of hydrogen-bond donors (Lipinski definition) is 1. The zero-order valence-electron chi connectivity index (χ0n) is 8.44. The van der Waals surface area contributed by atoms with Gasteiger partial charge in [-0.25, -0.2) is 0 Å². The van der Waals surface area contributed by atoms with Gasteiger partial charge >= 0.3 is 0 Å². The van der Waals surface area contributed by atoms with Crippen LogP contribution < -0.4 is 4.74 Å². The van der Waals surface area contributed by atoms with Crippen molar-refractivity contribution in [1.29, 1.82) is 0 Å². The Bertz CT molecular complexity index is 294. The van der Waals surface area contributed by atoms with E-state index in [1.807, 2.05) is 37.3 Å². The van der Waals surface area contributed by atoms with Crippen molar-refractivity contribution < 1.29 is 9.84 Å². The summed E-state index contributed by atoms with van der Waals surface area (Å²) < 4.78 is 5.55. The Kier molecular flexibility index (Phi) is 4.20. The van der Waals surface area contributed by atoms with Crippen LogP contribution in [0.25, 0.3) is 0 Å². The van der Waals surface area contributed by atoms with Crippen molar-refractivity contribution in [3.05, 3.63) is 42.5 Å². The zero-order valence-corrected chi connectivity index (χ0v) is 8.44. The summed E-state index contributed by atoms with van der Waals surface area (Å²) in [6.45, 7) is 5.56. The van der Waals surface area contributed by atoms with E-state index in [1.54, 1.807) is 0 Å². The van der Waals surface area contributed by atoms with Crippen LogP contribution in [0.5, 0.6) is 5.75 Å². The molecule has 0 radical (unpaired) electrons. The van der Waals surface area contributed by atoms with E-state index in [9.17, 15) is 0 Å². The van der Waals surface area contributed by atoms with Crippen molar-refractivity contribution in [3.63, 3.8) is 0 Å². The molecule has 1 N–H and O–H groups in total. The van der Waals surface area contributed by atoms with Crippen LogP contribution in [0.15, 0.2) is 36.9 Å². The third kappa shape index (κ3) is 2.89. The smallest absolute Gasteiger partial charge is 0.123 e. The highest BCUT2D eigenvalue weighted by atomic mass is 16.5. The lowest BCUT2D eigenvalue weighted by Gasteiger charge is -2.14. The average Bonchev–Trinajstić information content (AvgIpc) is 2.21. The van der Waals surface area contributed by atoms with Crippen LogP contribution in [0, 0.1) is 0 Å². The molecule has 0 aromatic heterocycles. The summed E-state index contributed by atoms with van der Waals surface area (Å²) in [6.07, 6.45) is 2.46. The first kappa shape index (κ1) is 10.8. The molecule has 0 spiro atoms. The van der Waals surface area contributed by atoms with E-state index >= 15 is 0 Å². The van der Waals surface area contributed by atoms with Gasteiger partial charge in [-0.3, -0.25) is 0 Å². The number of aliphatic hydroxyl groups is 1. The molecule has 0 saturated heterocycles. The normalized spacial score (nSPS) is 12.1. The molecule has 0 saturated carbocycles. The van der Waals surface area contributed by atoms with Gasteiger partial charge in [0.2, 0.25) is 0 Å². The molecule has 14 heavy (non-hydrogen) atoms.